The number of pyridine rings is 1. The molecule has 2 aromatic rings. The third-order valence-electron chi connectivity index (χ3n) is 3.28. The minimum atomic E-state index is -0.213. The lowest BCUT2D eigenvalue weighted by Crippen LogP contribution is -2.19. The van der Waals surface area contributed by atoms with Crippen LogP contribution < -0.4 is 0 Å². The molecule has 0 bridgehead atoms. The number of aromatic nitrogens is 1. The van der Waals surface area contributed by atoms with Crippen LogP contribution >= 0.6 is 0 Å². The molecule has 0 N–H and O–H groups in total. The molecule has 0 aliphatic carbocycles. The van der Waals surface area contributed by atoms with Crippen LogP contribution in [0.1, 0.15) is 16.8 Å². The lowest BCUT2D eigenvalue weighted by Gasteiger charge is -2.18. The van der Waals surface area contributed by atoms with Gasteiger partial charge in [0, 0.05) is 19.3 Å². The second kappa shape index (κ2) is 7.55. The van der Waals surface area contributed by atoms with Crippen molar-refractivity contribution in [2.45, 2.75) is 19.5 Å². The van der Waals surface area contributed by atoms with Crippen molar-refractivity contribution in [3.8, 4) is 0 Å². The maximum Gasteiger partial charge on any atom is 0.309 e. The van der Waals surface area contributed by atoms with E-state index in [1.807, 2.05) is 49.5 Å². The van der Waals surface area contributed by atoms with Gasteiger partial charge in [-0.1, -0.05) is 30.3 Å². The lowest BCUT2D eigenvalue weighted by atomic mass is 10.0. The molecule has 0 atom stereocenters. The number of benzene rings is 1. The SMILES string of the molecule is COC(=O)Cc1ccccc1CN(C)Cc1ccccn1. The van der Waals surface area contributed by atoms with Crippen molar-refractivity contribution in [1.82, 2.24) is 9.88 Å². The van der Waals surface area contributed by atoms with Crippen LogP contribution in [-0.4, -0.2) is 30.0 Å². The molecule has 0 saturated heterocycles. The van der Waals surface area contributed by atoms with Gasteiger partial charge in [-0.15, -0.1) is 0 Å². The average molecular weight is 284 g/mol. The van der Waals surface area contributed by atoms with Crippen molar-refractivity contribution < 1.29 is 9.53 Å². The predicted octanol–water partition coefficient (Wildman–Crippen LogP) is 2.43. The highest BCUT2D eigenvalue weighted by atomic mass is 16.5. The molecule has 110 valence electrons. The number of ether oxygens (including phenoxy) is 1. The topological polar surface area (TPSA) is 42.4 Å². The molecule has 21 heavy (non-hydrogen) atoms. The average Bonchev–Trinajstić information content (AvgIpc) is 2.50. The van der Waals surface area contributed by atoms with Crippen LogP contribution in [0.2, 0.25) is 0 Å². The zero-order valence-corrected chi connectivity index (χ0v) is 12.5. The molecule has 1 aromatic carbocycles. The number of nitrogens with zero attached hydrogens (tertiary/aromatic N) is 2. The van der Waals surface area contributed by atoms with Crippen LogP contribution in [0.5, 0.6) is 0 Å². The van der Waals surface area contributed by atoms with E-state index in [1.54, 1.807) is 6.20 Å². The maximum atomic E-state index is 11.5. The van der Waals surface area contributed by atoms with Gasteiger partial charge in [-0.3, -0.25) is 14.7 Å². The van der Waals surface area contributed by atoms with Gasteiger partial charge in [-0.25, -0.2) is 0 Å². The van der Waals surface area contributed by atoms with Crippen LogP contribution in [-0.2, 0) is 29.0 Å². The fraction of sp³-hybridized carbons (Fsp3) is 0.294. The normalized spacial score (nSPS) is 10.6. The predicted molar refractivity (Wildman–Crippen MR) is 81.6 cm³/mol. The molecule has 0 spiro atoms. The molecule has 0 aliphatic rings. The fourth-order valence-electron chi connectivity index (χ4n) is 2.23. The Labute approximate surface area is 125 Å². The second-order valence-corrected chi connectivity index (χ2v) is 5.01. The number of esters is 1. The minimum absolute atomic E-state index is 0.213. The van der Waals surface area contributed by atoms with Crippen molar-refractivity contribution in [1.29, 1.82) is 0 Å². The third kappa shape index (κ3) is 4.68. The molecule has 0 radical (unpaired) electrons. The fourth-order valence-corrected chi connectivity index (χ4v) is 2.23. The monoisotopic (exact) mass is 284 g/mol. The van der Waals surface area contributed by atoms with E-state index in [0.717, 1.165) is 29.9 Å². The lowest BCUT2D eigenvalue weighted by molar-refractivity contribution is -0.139. The third-order valence-corrected chi connectivity index (χ3v) is 3.28. The number of carbonyl (C=O) groups excluding carboxylic acids is 1. The van der Waals surface area contributed by atoms with E-state index in [-0.39, 0.29) is 5.97 Å². The van der Waals surface area contributed by atoms with Crippen LogP contribution in [0.4, 0.5) is 0 Å². The van der Waals surface area contributed by atoms with Gasteiger partial charge in [0.1, 0.15) is 0 Å². The Kier molecular flexibility index (Phi) is 5.46. The van der Waals surface area contributed by atoms with Crippen molar-refractivity contribution in [3.05, 3.63) is 65.5 Å². The zero-order chi connectivity index (χ0) is 15.1. The Balaban J connectivity index is 2.03. The summed E-state index contributed by atoms with van der Waals surface area (Å²) in [6, 6.07) is 13.9. The molecule has 0 aliphatic heterocycles. The van der Waals surface area contributed by atoms with E-state index in [2.05, 4.69) is 9.88 Å². The second-order valence-electron chi connectivity index (χ2n) is 5.01. The molecule has 4 nitrogen and oxygen atoms in total. The van der Waals surface area contributed by atoms with Crippen LogP contribution in [0.25, 0.3) is 0 Å². The number of rotatable bonds is 6. The van der Waals surface area contributed by atoms with E-state index in [9.17, 15) is 4.79 Å². The van der Waals surface area contributed by atoms with Gasteiger partial charge in [0.25, 0.3) is 0 Å². The van der Waals surface area contributed by atoms with E-state index in [4.69, 9.17) is 4.74 Å². The highest BCUT2D eigenvalue weighted by Gasteiger charge is 2.10. The first-order valence-electron chi connectivity index (χ1n) is 6.91. The van der Waals surface area contributed by atoms with Crippen molar-refractivity contribution in [2.75, 3.05) is 14.2 Å². The maximum absolute atomic E-state index is 11.5. The van der Waals surface area contributed by atoms with Gasteiger partial charge in [0.05, 0.1) is 19.2 Å². The van der Waals surface area contributed by atoms with Crippen molar-refractivity contribution >= 4 is 5.97 Å². The summed E-state index contributed by atoms with van der Waals surface area (Å²) in [5.74, 6) is -0.213. The molecule has 0 saturated carbocycles. The zero-order valence-electron chi connectivity index (χ0n) is 12.5. The smallest absolute Gasteiger partial charge is 0.309 e. The summed E-state index contributed by atoms with van der Waals surface area (Å²) < 4.78 is 4.75. The summed E-state index contributed by atoms with van der Waals surface area (Å²) in [6.07, 6.45) is 2.11. The Bertz CT molecular complexity index is 584. The number of hydrogen-bond acceptors (Lipinski definition) is 4. The van der Waals surface area contributed by atoms with Gasteiger partial charge in [-0.2, -0.15) is 0 Å². The summed E-state index contributed by atoms with van der Waals surface area (Å²) in [7, 11) is 3.46. The Hall–Kier alpha value is -2.20. The van der Waals surface area contributed by atoms with E-state index >= 15 is 0 Å². The number of carbonyl (C=O) groups is 1. The molecule has 2 rings (SSSR count). The van der Waals surface area contributed by atoms with Gasteiger partial charge in [0.15, 0.2) is 0 Å². The highest BCUT2D eigenvalue weighted by molar-refractivity contribution is 5.72. The molecule has 0 fully saturated rings. The summed E-state index contributed by atoms with van der Waals surface area (Å²) >= 11 is 0. The Morgan fingerprint density at radius 1 is 1.10 bits per heavy atom. The molecular formula is C17H20N2O2. The summed E-state index contributed by atoms with van der Waals surface area (Å²) in [5.41, 5.74) is 3.18. The molecule has 0 unspecified atom stereocenters. The van der Waals surface area contributed by atoms with Crippen LogP contribution in [0, 0.1) is 0 Å². The van der Waals surface area contributed by atoms with Gasteiger partial charge in [0.2, 0.25) is 0 Å². The summed E-state index contributed by atoms with van der Waals surface area (Å²) in [5, 5.41) is 0. The standard InChI is InChI=1S/C17H20N2O2/c1-19(13-16-9-5-6-10-18-16)12-15-8-4-3-7-14(15)11-17(20)21-2/h3-10H,11-13H2,1-2H3. The Morgan fingerprint density at radius 2 is 1.81 bits per heavy atom. The summed E-state index contributed by atoms with van der Waals surface area (Å²) in [4.78, 5) is 18.0. The van der Waals surface area contributed by atoms with Crippen molar-refractivity contribution in [2.24, 2.45) is 0 Å². The van der Waals surface area contributed by atoms with Gasteiger partial charge in [-0.05, 0) is 30.3 Å². The largest absolute Gasteiger partial charge is 0.469 e. The van der Waals surface area contributed by atoms with E-state index < -0.39 is 0 Å². The Morgan fingerprint density at radius 3 is 2.48 bits per heavy atom. The molecule has 1 heterocycles. The quantitative estimate of drug-likeness (QED) is 0.764. The van der Waals surface area contributed by atoms with Crippen molar-refractivity contribution in [3.63, 3.8) is 0 Å². The number of methoxy groups -OCH3 is 1. The first-order valence-corrected chi connectivity index (χ1v) is 6.91. The molecular weight excluding hydrogens is 264 g/mol. The van der Waals surface area contributed by atoms with E-state index in [0.29, 0.717) is 6.42 Å². The first kappa shape index (κ1) is 15.2. The van der Waals surface area contributed by atoms with Crippen LogP contribution in [0.15, 0.2) is 48.7 Å². The van der Waals surface area contributed by atoms with Crippen LogP contribution in [0.3, 0.4) is 0 Å². The molecule has 4 heteroatoms. The molecule has 0 amide bonds. The molecule has 1 aromatic heterocycles. The highest BCUT2D eigenvalue weighted by Crippen LogP contribution is 2.13. The number of hydrogen-bond donors (Lipinski definition) is 0. The van der Waals surface area contributed by atoms with Gasteiger partial charge < -0.3 is 4.74 Å². The summed E-state index contributed by atoms with van der Waals surface area (Å²) in [6.45, 7) is 1.54. The van der Waals surface area contributed by atoms with Gasteiger partial charge >= 0.3 is 5.97 Å². The first-order chi connectivity index (χ1) is 10.2. The minimum Gasteiger partial charge on any atom is -0.469 e. The van der Waals surface area contributed by atoms with E-state index in [1.165, 1.54) is 7.11 Å².